The molecule has 27 heavy (non-hydrogen) atoms. The number of rotatable bonds is 4. The molecule has 1 aromatic carbocycles. The van der Waals surface area contributed by atoms with Crippen LogP contribution < -0.4 is 0 Å². The molecule has 0 spiro atoms. The number of benzene rings is 1. The van der Waals surface area contributed by atoms with Crippen LogP contribution in [-0.2, 0) is 0 Å². The molecule has 3 aromatic rings. The van der Waals surface area contributed by atoms with Crippen LogP contribution in [0, 0.1) is 0 Å². The minimum Gasteiger partial charge on any atom is -0.282 e. The highest BCUT2D eigenvalue weighted by Crippen LogP contribution is 2.26. The maximum atomic E-state index is 4.60. The Labute approximate surface area is 169 Å². The zero-order chi connectivity index (χ0) is 20.4. The number of H-pyrrole nitrogens is 1. The topological polar surface area (TPSA) is 41.6 Å². The lowest BCUT2D eigenvalue weighted by Gasteiger charge is -1.97. The first-order valence-corrected chi connectivity index (χ1v) is 10.8. The predicted molar refractivity (Wildman–Crippen MR) is 120 cm³/mol. The van der Waals surface area contributed by atoms with Crippen molar-refractivity contribution in [3.8, 4) is 10.6 Å². The quantitative estimate of drug-likeness (QED) is 0.502. The SMILES string of the molecule is CC.CC(C)c1cc(C(C)C)[nH]n1.CC(C)c1csc(-c2ccccc2)n1. The molecule has 0 saturated carbocycles. The van der Waals surface area contributed by atoms with Gasteiger partial charge in [-0.25, -0.2) is 4.98 Å². The third kappa shape index (κ3) is 7.30. The van der Waals surface area contributed by atoms with Crippen LogP contribution in [0.1, 0.15) is 90.2 Å². The molecule has 0 aliphatic heterocycles. The van der Waals surface area contributed by atoms with Crippen LogP contribution >= 0.6 is 11.3 Å². The van der Waals surface area contributed by atoms with E-state index in [1.54, 1.807) is 11.3 Å². The van der Waals surface area contributed by atoms with E-state index < -0.39 is 0 Å². The van der Waals surface area contributed by atoms with Gasteiger partial charge < -0.3 is 0 Å². The van der Waals surface area contributed by atoms with Crippen LogP contribution in [0.5, 0.6) is 0 Å². The molecule has 0 saturated heterocycles. The standard InChI is InChI=1S/C12H13NS.C9H16N2.C2H6/c1-9(2)11-8-14-12(13-11)10-6-4-3-5-7-10;1-6(2)8-5-9(7(3)4)11-10-8;1-2/h3-9H,1-2H3;5-7H,1-4H3,(H,10,11);1-2H3. The highest BCUT2D eigenvalue weighted by Gasteiger charge is 2.07. The van der Waals surface area contributed by atoms with Gasteiger partial charge in [0.1, 0.15) is 5.01 Å². The molecule has 148 valence electrons. The summed E-state index contributed by atoms with van der Waals surface area (Å²) < 4.78 is 0. The molecule has 4 heteroatoms. The molecule has 3 rings (SSSR count). The van der Waals surface area contributed by atoms with E-state index in [-0.39, 0.29) is 0 Å². The zero-order valence-electron chi connectivity index (χ0n) is 18.1. The number of nitrogens with one attached hydrogen (secondary N) is 1. The monoisotopic (exact) mass is 385 g/mol. The van der Waals surface area contributed by atoms with E-state index in [0.717, 1.165) is 10.7 Å². The van der Waals surface area contributed by atoms with Crippen LogP contribution in [0.4, 0.5) is 0 Å². The van der Waals surface area contributed by atoms with Gasteiger partial charge in [-0.2, -0.15) is 5.10 Å². The van der Waals surface area contributed by atoms with E-state index in [1.165, 1.54) is 17.0 Å². The Morgan fingerprint density at radius 2 is 1.41 bits per heavy atom. The summed E-state index contributed by atoms with van der Waals surface area (Å²) in [5.74, 6) is 1.59. The molecule has 1 N–H and O–H groups in total. The summed E-state index contributed by atoms with van der Waals surface area (Å²) in [6, 6.07) is 12.5. The van der Waals surface area contributed by atoms with E-state index in [4.69, 9.17) is 0 Å². The lowest BCUT2D eigenvalue weighted by molar-refractivity contribution is 0.791. The summed E-state index contributed by atoms with van der Waals surface area (Å²) in [7, 11) is 0. The summed E-state index contributed by atoms with van der Waals surface area (Å²) in [5.41, 5.74) is 4.79. The summed E-state index contributed by atoms with van der Waals surface area (Å²) >= 11 is 1.72. The molecule has 0 aliphatic carbocycles. The third-order valence-corrected chi connectivity index (χ3v) is 4.87. The molecule has 2 heterocycles. The van der Waals surface area contributed by atoms with Gasteiger partial charge in [-0.3, -0.25) is 5.10 Å². The lowest BCUT2D eigenvalue weighted by Crippen LogP contribution is -1.86. The van der Waals surface area contributed by atoms with E-state index >= 15 is 0 Å². The number of aromatic amines is 1. The Morgan fingerprint density at radius 3 is 1.81 bits per heavy atom. The summed E-state index contributed by atoms with van der Waals surface area (Å²) in [6.07, 6.45) is 0. The van der Waals surface area contributed by atoms with Gasteiger partial charge in [-0.15, -0.1) is 11.3 Å². The van der Waals surface area contributed by atoms with Gasteiger partial charge in [0.15, 0.2) is 0 Å². The molecule has 2 aromatic heterocycles. The predicted octanol–water partition coefficient (Wildman–Crippen LogP) is 7.62. The van der Waals surface area contributed by atoms with Crippen molar-refractivity contribution in [1.29, 1.82) is 0 Å². The highest BCUT2D eigenvalue weighted by atomic mass is 32.1. The molecule has 0 radical (unpaired) electrons. The molecule has 0 fully saturated rings. The summed E-state index contributed by atoms with van der Waals surface area (Å²) in [6.45, 7) is 17.0. The van der Waals surface area contributed by atoms with E-state index in [2.05, 4.69) is 80.3 Å². The normalized spacial score (nSPS) is 10.5. The van der Waals surface area contributed by atoms with Crippen LogP contribution in [0.3, 0.4) is 0 Å². The average Bonchev–Trinajstić information content (AvgIpc) is 3.35. The average molecular weight is 386 g/mol. The van der Waals surface area contributed by atoms with Crippen molar-refractivity contribution in [2.45, 2.75) is 73.1 Å². The van der Waals surface area contributed by atoms with Gasteiger partial charge in [0, 0.05) is 16.6 Å². The van der Waals surface area contributed by atoms with Gasteiger partial charge in [0.2, 0.25) is 0 Å². The Bertz CT molecular complexity index is 732. The van der Waals surface area contributed by atoms with Gasteiger partial charge in [-0.05, 0) is 23.8 Å². The van der Waals surface area contributed by atoms with Crippen molar-refractivity contribution in [2.24, 2.45) is 0 Å². The fourth-order valence-corrected chi connectivity index (χ4v) is 3.20. The number of hydrogen-bond donors (Lipinski definition) is 1. The first kappa shape index (κ1) is 23.1. The lowest BCUT2D eigenvalue weighted by atomic mass is 10.1. The minimum absolute atomic E-state index is 0.517. The molecule has 0 atom stereocenters. The molecule has 0 aliphatic rings. The van der Waals surface area contributed by atoms with Crippen molar-refractivity contribution in [2.75, 3.05) is 0 Å². The van der Waals surface area contributed by atoms with Crippen molar-refractivity contribution in [3.63, 3.8) is 0 Å². The smallest absolute Gasteiger partial charge is 0.123 e. The number of thiazole rings is 1. The second-order valence-corrected chi connectivity index (χ2v) is 8.01. The number of nitrogens with zero attached hydrogens (tertiary/aromatic N) is 2. The molecule has 0 bridgehead atoms. The summed E-state index contributed by atoms with van der Waals surface area (Å²) in [5, 5.41) is 10.5. The maximum Gasteiger partial charge on any atom is 0.123 e. The van der Waals surface area contributed by atoms with Crippen molar-refractivity contribution >= 4 is 11.3 Å². The van der Waals surface area contributed by atoms with E-state index in [0.29, 0.717) is 17.8 Å². The van der Waals surface area contributed by atoms with Gasteiger partial charge in [-0.1, -0.05) is 85.7 Å². The Morgan fingerprint density at radius 1 is 0.815 bits per heavy atom. The number of hydrogen-bond acceptors (Lipinski definition) is 3. The molecular formula is C23H35N3S. The number of aromatic nitrogens is 3. The van der Waals surface area contributed by atoms with Crippen molar-refractivity contribution in [3.05, 3.63) is 58.9 Å². The van der Waals surface area contributed by atoms with Crippen LogP contribution in [-0.4, -0.2) is 15.2 Å². The molecule has 0 unspecified atom stereocenters. The fourth-order valence-electron chi connectivity index (χ4n) is 2.21. The largest absolute Gasteiger partial charge is 0.282 e. The Kier molecular flexibility index (Phi) is 10.0. The van der Waals surface area contributed by atoms with Crippen LogP contribution in [0.2, 0.25) is 0 Å². The minimum atomic E-state index is 0.517. The Balaban J connectivity index is 0.000000254. The van der Waals surface area contributed by atoms with Crippen LogP contribution in [0.15, 0.2) is 41.8 Å². The van der Waals surface area contributed by atoms with E-state index in [1.807, 2.05) is 32.0 Å². The summed E-state index contributed by atoms with van der Waals surface area (Å²) in [4.78, 5) is 4.60. The first-order chi connectivity index (χ1) is 12.9. The maximum absolute atomic E-state index is 4.60. The second-order valence-electron chi connectivity index (χ2n) is 7.16. The van der Waals surface area contributed by atoms with Gasteiger partial charge in [0.05, 0.1) is 11.4 Å². The highest BCUT2D eigenvalue weighted by molar-refractivity contribution is 7.13. The Hall–Kier alpha value is -1.94. The molecule has 3 nitrogen and oxygen atoms in total. The molecular weight excluding hydrogens is 350 g/mol. The fraction of sp³-hybridized carbons (Fsp3) is 0.478. The van der Waals surface area contributed by atoms with E-state index in [9.17, 15) is 0 Å². The second kappa shape index (κ2) is 11.7. The van der Waals surface area contributed by atoms with Crippen LogP contribution in [0.25, 0.3) is 10.6 Å². The third-order valence-electron chi connectivity index (χ3n) is 3.97. The van der Waals surface area contributed by atoms with Crippen molar-refractivity contribution in [1.82, 2.24) is 15.2 Å². The van der Waals surface area contributed by atoms with Gasteiger partial charge >= 0.3 is 0 Å². The first-order valence-electron chi connectivity index (χ1n) is 9.94. The molecule has 0 amide bonds. The van der Waals surface area contributed by atoms with Gasteiger partial charge in [0.25, 0.3) is 0 Å². The van der Waals surface area contributed by atoms with Crippen molar-refractivity contribution < 1.29 is 0 Å². The zero-order valence-corrected chi connectivity index (χ0v) is 18.9.